The van der Waals surface area contributed by atoms with Gasteiger partial charge in [-0.05, 0) is 44.2 Å². The van der Waals surface area contributed by atoms with Crippen LogP contribution in [-0.4, -0.2) is 29.5 Å². The molecule has 3 aromatic rings. The highest BCUT2D eigenvalue weighted by molar-refractivity contribution is 6.32. The lowest BCUT2D eigenvalue weighted by atomic mass is 10.2. The summed E-state index contributed by atoms with van der Waals surface area (Å²) in [5, 5.41) is 5.75. The Balaban J connectivity index is 1.58. The van der Waals surface area contributed by atoms with Gasteiger partial charge in [0.25, 0.3) is 11.8 Å². The van der Waals surface area contributed by atoms with Crippen LogP contribution in [0.1, 0.15) is 24.2 Å². The number of carbonyl (C=O) groups is 2. The van der Waals surface area contributed by atoms with E-state index in [-0.39, 0.29) is 41.0 Å². The molecular weight excluding hydrogens is 418 g/mol. The van der Waals surface area contributed by atoms with Gasteiger partial charge in [0.1, 0.15) is 10.8 Å². The maximum atomic E-state index is 12.5. The summed E-state index contributed by atoms with van der Waals surface area (Å²) in [5.74, 6) is 0.0461. The number of halogens is 1. The van der Waals surface area contributed by atoms with Crippen LogP contribution in [0, 0.1) is 0 Å². The molecule has 0 aliphatic rings. The van der Waals surface area contributed by atoms with Gasteiger partial charge < -0.3 is 20.1 Å². The Labute approximate surface area is 185 Å². The van der Waals surface area contributed by atoms with Crippen molar-refractivity contribution in [2.24, 2.45) is 0 Å². The normalized spacial score (nSPS) is 10.5. The first-order valence-corrected chi connectivity index (χ1v) is 10.00. The monoisotopic (exact) mass is 439 g/mol. The van der Waals surface area contributed by atoms with E-state index in [1.54, 1.807) is 36.4 Å². The van der Waals surface area contributed by atoms with Crippen molar-refractivity contribution in [2.75, 3.05) is 17.2 Å². The Bertz CT molecular complexity index is 1060. The quantitative estimate of drug-likeness (QED) is 0.526. The average molecular weight is 440 g/mol. The summed E-state index contributed by atoms with van der Waals surface area (Å²) >= 11 is 6.15. The number of anilines is 2. The van der Waals surface area contributed by atoms with Crippen LogP contribution >= 0.6 is 11.6 Å². The molecule has 0 aliphatic heterocycles. The van der Waals surface area contributed by atoms with Gasteiger partial charge in [0.2, 0.25) is 5.88 Å². The highest BCUT2D eigenvalue weighted by Crippen LogP contribution is 2.24. The number of rotatable bonds is 8. The van der Waals surface area contributed by atoms with Crippen LogP contribution in [0.25, 0.3) is 0 Å². The van der Waals surface area contributed by atoms with Crippen LogP contribution in [0.2, 0.25) is 5.02 Å². The van der Waals surface area contributed by atoms with Gasteiger partial charge in [-0.15, -0.1) is 0 Å². The lowest BCUT2D eigenvalue weighted by molar-refractivity contribution is -0.118. The third kappa shape index (κ3) is 6.72. The second kappa shape index (κ2) is 10.4. The summed E-state index contributed by atoms with van der Waals surface area (Å²) in [6, 6.07) is 17.3. The fourth-order valence-corrected chi connectivity index (χ4v) is 2.80. The van der Waals surface area contributed by atoms with Crippen molar-refractivity contribution in [2.45, 2.75) is 20.0 Å². The molecule has 2 amide bonds. The minimum Gasteiger partial charge on any atom is -0.484 e. The topological polar surface area (TPSA) is 89.6 Å². The number of amides is 2. The van der Waals surface area contributed by atoms with Gasteiger partial charge in [0.05, 0.1) is 11.7 Å². The number of ether oxygens (including phenoxy) is 2. The van der Waals surface area contributed by atoms with E-state index in [0.717, 1.165) is 0 Å². The zero-order chi connectivity index (χ0) is 22.2. The summed E-state index contributed by atoms with van der Waals surface area (Å²) in [6.07, 6.45) is 1.31. The van der Waals surface area contributed by atoms with E-state index in [1.807, 2.05) is 32.0 Å². The highest BCUT2D eigenvalue weighted by Gasteiger charge is 2.13. The van der Waals surface area contributed by atoms with E-state index >= 15 is 0 Å². The van der Waals surface area contributed by atoms with Crippen LogP contribution < -0.4 is 20.1 Å². The smallest absolute Gasteiger partial charge is 0.262 e. The Morgan fingerprint density at radius 2 is 1.74 bits per heavy atom. The molecule has 1 aromatic heterocycles. The molecule has 0 aliphatic carbocycles. The van der Waals surface area contributed by atoms with Gasteiger partial charge in [0, 0.05) is 23.6 Å². The van der Waals surface area contributed by atoms with E-state index in [9.17, 15) is 9.59 Å². The molecule has 31 heavy (non-hydrogen) atoms. The maximum Gasteiger partial charge on any atom is 0.262 e. The zero-order valence-corrected chi connectivity index (χ0v) is 17.8. The van der Waals surface area contributed by atoms with Crippen molar-refractivity contribution >= 4 is 34.8 Å². The van der Waals surface area contributed by atoms with Crippen molar-refractivity contribution in [1.82, 2.24) is 4.98 Å². The molecule has 0 atom stereocenters. The summed E-state index contributed by atoms with van der Waals surface area (Å²) in [4.78, 5) is 28.6. The summed E-state index contributed by atoms with van der Waals surface area (Å²) in [7, 11) is 0. The minimum absolute atomic E-state index is 0.0813. The molecule has 0 unspecified atom stereocenters. The predicted octanol–water partition coefficient (Wildman–Crippen LogP) is 4.79. The van der Waals surface area contributed by atoms with Crippen LogP contribution in [0.4, 0.5) is 11.4 Å². The number of hydrogen-bond donors (Lipinski definition) is 2. The number of para-hydroxylation sites is 1. The molecular formula is C23H22ClN3O4. The van der Waals surface area contributed by atoms with Crippen molar-refractivity contribution in [1.29, 1.82) is 0 Å². The number of pyridine rings is 1. The summed E-state index contributed by atoms with van der Waals surface area (Å²) in [6.45, 7) is 3.56. The van der Waals surface area contributed by atoms with Crippen molar-refractivity contribution < 1.29 is 19.1 Å². The molecule has 3 rings (SSSR count). The molecule has 0 saturated carbocycles. The highest BCUT2D eigenvalue weighted by atomic mass is 35.5. The fourth-order valence-electron chi connectivity index (χ4n) is 2.59. The number of nitrogens with zero attached hydrogens (tertiary/aromatic N) is 1. The molecule has 0 radical (unpaired) electrons. The summed E-state index contributed by atoms with van der Waals surface area (Å²) in [5.41, 5.74) is 1.48. The number of benzene rings is 2. The zero-order valence-electron chi connectivity index (χ0n) is 17.1. The van der Waals surface area contributed by atoms with Crippen LogP contribution in [-0.2, 0) is 4.79 Å². The lowest BCUT2D eigenvalue weighted by Crippen LogP contribution is -2.20. The van der Waals surface area contributed by atoms with E-state index in [4.69, 9.17) is 21.1 Å². The third-order valence-corrected chi connectivity index (χ3v) is 4.21. The molecule has 0 fully saturated rings. The predicted molar refractivity (Wildman–Crippen MR) is 120 cm³/mol. The van der Waals surface area contributed by atoms with Crippen molar-refractivity contribution in [3.05, 3.63) is 77.4 Å². The first-order chi connectivity index (χ1) is 14.9. The largest absolute Gasteiger partial charge is 0.484 e. The first-order valence-electron chi connectivity index (χ1n) is 9.62. The lowest BCUT2D eigenvalue weighted by Gasteiger charge is -2.12. The van der Waals surface area contributed by atoms with Crippen LogP contribution in [0.5, 0.6) is 11.6 Å². The first kappa shape index (κ1) is 22.1. The Morgan fingerprint density at radius 3 is 2.45 bits per heavy atom. The van der Waals surface area contributed by atoms with Crippen LogP contribution in [0.15, 0.2) is 66.9 Å². The van der Waals surface area contributed by atoms with Crippen molar-refractivity contribution in [3.8, 4) is 11.6 Å². The molecule has 7 nitrogen and oxygen atoms in total. The number of hydrogen-bond acceptors (Lipinski definition) is 5. The van der Waals surface area contributed by atoms with Gasteiger partial charge in [-0.3, -0.25) is 9.59 Å². The molecule has 2 aromatic carbocycles. The molecule has 0 spiro atoms. The Kier molecular flexibility index (Phi) is 7.45. The molecule has 1 heterocycles. The molecule has 160 valence electrons. The third-order valence-electron chi connectivity index (χ3n) is 3.94. The number of carbonyl (C=O) groups excluding carboxylic acids is 2. The maximum absolute atomic E-state index is 12.5. The Morgan fingerprint density at radius 1 is 1.00 bits per heavy atom. The van der Waals surface area contributed by atoms with E-state index in [2.05, 4.69) is 15.6 Å². The van der Waals surface area contributed by atoms with Gasteiger partial charge in [-0.2, -0.15) is 0 Å². The van der Waals surface area contributed by atoms with Crippen molar-refractivity contribution in [3.63, 3.8) is 0 Å². The SMILES string of the molecule is CC(C)Oc1ncc(C(=O)Nc2cccc(OCC(=O)Nc3ccccc3)c2)cc1Cl. The standard InChI is InChI=1S/C23H22ClN3O4/c1-15(2)31-23-20(24)11-16(13-25-23)22(29)27-18-9-6-10-19(12-18)30-14-21(28)26-17-7-4-3-5-8-17/h3-13,15H,14H2,1-2H3,(H,26,28)(H,27,29). The Hall–Kier alpha value is -3.58. The van der Waals surface area contributed by atoms with E-state index < -0.39 is 0 Å². The van der Waals surface area contributed by atoms with Gasteiger partial charge in [0.15, 0.2) is 6.61 Å². The average Bonchev–Trinajstić information content (AvgIpc) is 2.74. The number of aromatic nitrogens is 1. The fraction of sp³-hybridized carbons (Fsp3) is 0.174. The number of nitrogens with one attached hydrogen (secondary N) is 2. The second-order valence-corrected chi connectivity index (χ2v) is 7.27. The van der Waals surface area contributed by atoms with E-state index in [0.29, 0.717) is 17.1 Å². The molecule has 0 saturated heterocycles. The van der Waals surface area contributed by atoms with Gasteiger partial charge in [-0.1, -0.05) is 35.9 Å². The summed E-state index contributed by atoms with van der Waals surface area (Å²) < 4.78 is 11.0. The minimum atomic E-state index is -0.385. The van der Waals surface area contributed by atoms with Crippen LogP contribution in [0.3, 0.4) is 0 Å². The van der Waals surface area contributed by atoms with Gasteiger partial charge >= 0.3 is 0 Å². The van der Waals surface area contributed by atoms with E-state index in [1.165, 1.54) is 12.3 Å². The second-order valence-electron chi connectivity index (χ2n) is 6.86. The molecule has 0 bridgehead atoms. The molecule has 2 N–H and O–H groups in total. The van der Waals surface area contributed by atoms with Gasteiger partial charge in [-0.25, -0.2) is 4.98 Å². The molecule has 8 heteroatoms.